The topological polar surface area (TPSA) is 91.3 Å². The van der Waals surface area contributed by atoms with Crippen LogP contribution in [0.1, 0.15) is 162 Å². The number of carbonyl (C=O) groups excluding carboxylic acids is 2. The molecule has 3 aliphatic heterocycles. The minimum atomic E-state index is -0.617. The number of allylic oxidation sites excluding steroid dienone is 2. The van der Waals surface area contributed by atoms with Crippen LogP contribution in [0, 0.1) is 11.8 Å². The summed E-state index contributed by atoms with van der Waals surface area (Å²) in [6.07, 6.45) is 25.7. The van der Waals surface area contributed by atoms with Gasteiger partial charge in [0.15, 0.2) is 0 Å². The summed E-state index contributed by atoms with van der Waals surface area (Å²) in [6, 6.07) is 10.2. The molecule has 7 nitrogen and oxygen atoms in total. The molecule has 0 saturated carbocycles. The molecule has 0 spiro atoms. The maximum atomic E-state index is 12.8. The van der Waals surface area contributed by atoms with Gasteiger partial charge in [-0.2, -0.15) is 0 Å². The zero-order valence-electron chi connectivity index (χ0n) is 32.9. The van der Waals surface area contributed by atoms with Crippen molar-refractivity contribution in [2.45, 2.75) is 214 Å². The number of esters is 2. The van der Waals surface area contributed by atoms with Crippen molar-refractivity contribution in [1.82, 2.24) is 0 Å². The molecule has 0 bridgehead atoms. The Morgan fingerprint density at radius 1 is 0.925 bits per heavy atom. The summed E-state index contributed by atoms with van der Waals surface area (Å²) in [5, 5.41) is 10.8. The summed E-state index contributed by atoms with van der Waals surface area (Å²) in [4.78, 5) is 25.8. The van der Waals surface area contributed by atoms with Gasteiger partial charge in [-0.15, -0.1) is 11.8 Å². The number of carbonyl (C=O) groups is 2. The summed E-state index contributed by atoms with van der Waals surface area (Å²) in [7, 11) is 0. The van der Waals surface area contributed by atoms with Gasteiger partial charge in [-0.25, -0.2) is 0 Å². The Hall–Kier alpha value is -2.31. The number of unbranched alkanes of at least 4 members (excludes halogenated alkanes) is 12. The lowest BCUT2D eigenvalue weighted by molar-refractivity contribution is -0.158. The second-order valence-corrected chi connectivity index (χ2v) is 17.1. The quantitative estimate of drug-likeness (QED) is 0.0634. The van der Waals surface area contributed by atoms with Crippen LogP contribution in [0.4, 0.5) is 0 Å². The van der Waals surface area contributed by atoms with Crippen LogP contribution in [0.2, 0.25) is 0 Å². The lowest BCUT2D eigenvalue weighted by atomic mass is 9.96. The molecule has 53 heavy (non-hydrogen) atoms. The van der Waals surface area contributed by atoms with Gasteiger partial charge in [-0.1, -0.05) is 114 Å². The van der Waals surface area contributed by atoms with Crippen molar-refractivity contribution in [2.24, 2.45) is 0 Å². The van der Waals surface area contributed by atoms with Crippen molar-refractivity contribution in [1.29, 1.82) is 0 Å². The number of hydrogen-bond donors (Lipinski definition) is 1. The molecule has 8 atom stereocenters. The fraction of sp³-hybridized carbons (Fsp3) is 0.733. The molecule has 8 heteroatoms. The summed E-state index contributed by atoms with van der Waals surface area (Å²) in [6.45, 7) is 5.73. The number of cyclic esters (lactones) is 1. The minimum Gasteiger partial charge on any atom is -0.462 e. The molecule has 3 heterocycles. The SMILES string of the molecule is CCCCCCCCCCC(OC(C)=O)C1CCC(C2CCC(C(O)CC#CC=CCCCCCCCC3(Sc4ccccc4)CC(C)OC3=O)O2)O1. The van der Waals surface area contributed by atoms with Crippen LogP contribution in [0.3, 0.4) is 0 Å². The van der Waals surface area contributed by atoms with Crippen LogP contribution in [-0.2, 0) is 28.5 Å². The van der Waals surface area contributed by atoms with E-state index in [1.54, 1.807) is 11.8 Å². The molecule has 4 rings (SSSR count). The van der Waals surface area contributed by atoms with Gasteiger partial charge in [0.2, 0.25) is 0 Å². The molecular weight excluding hydrogens is 685 g/mol. The number of hydrogen-bond acceptors (Lipinski definition) is 8. The molecule has 1 aromatic carbocycles. The molecule has 0 aliphatic carbocycles. The molecule has 296 valence electrons. The first kappa shape index (κ1) is 43.4. The smallest absolute Gasteiger partial charge is 0.322 e. The number of rotatable bonds is 24. The fourth-order valence-electron chi connectivity index (χ4n) is 8.13. The average Bonchev–Trinajstić information content (AvgIpc) is 3.89. The summed E-state index contributed by atoms with van der Waals surface area (Å²) in [5.41, 5.74) is 0. The van der Waals surface area contributed by atoms with E-state index in [0.29, 0.717) is 6.42 Å². The van der Waals surface area contributed by atoms with Crippen LogP contribution in [0.5, 0.6) is 0 Å². The number of benzene rings is 1. The van der Waals surface area contributed by atoms with Gasteiger partial charge in [-0.05, 0) is 82.9 Å². The predicted molar refractivity (Wildman–Crippen MR) is 214 cm³/mol. The maximum Gasteiger partial charge on any atom is 0.322 e. The second kappa shape index (κ2) is 24.3. The molecule has 3 saturated heterocycles. The van der Waals surface area contributed by atoms with E-state index >= 15 is 0 Å². The Morgan fingerprint density at radius 2 is 1.57 bits per heavy atom. The first-order chi connectivity index (χ1) is 25.8. The van der Waals surface area contributed by atoms with Crippen LogP contribution < -0.4 is 0 Å². The van der Waals surface area contributed by atoms with Gasteiger partial charge in [0, 0.05) is 24.7 Å². The normalized spacial score (nSPS) is 26.7. The fourth-order valence-corrected chi connectivity index (χ4v) is 9.57. The van der Waals surface area contributed by atoms with Crippen LogP contribution in [-0.4, -0.2) is 64.5 Å². The standard InChI is InChI=1S/C45H68O7S/c1-4-5-6-7-8-14-17-23-28-40(50-36(3)46)41-31-32-43(52-41)42-30-29-39(51-42)38(47)27-22-16-13-11-9-10-12-15-18-24-33-45(34-35(2)49-44(45)48)53-37-25-20-19-21-26-37/h11,13,19-21,25-26,35,38-43,47H,4-10,12,14-15,17-18,23-24,27-34H2,1-3H3. The molecule has 3 fully saturated rings. The number of aliphatic hydroxyl groups excluding tert-OH is 1. The van der Waals surface area contributed by atoms with Crippen molar-refractivity contribution in [3.63, 3.8) is 0 Å². The van der Waals surface area contributed by atoms with Crippen molar-refractivity contribution < 1.29 is 33.6 Å². The van der Waals surface area contributed by atoms with Gasteiger partial charge >= 0.3 is 11.9 Å². The monoisotopic (exact) mass is 752 g/mol. The highest BCUT2D eigenvalue weighted by atomic mass is 32.2. The third-order valence-electron chi connectivity index (χ3n) is 11.0. The average molecular weight is 753 g/mol. The van der Waals surface area contributed by atoms with Crippen LogP contribution in [0.25, 0.3) is 0 Å². The van der Waals surface area contributed by atoms with E-state index in [1.165, 1.54) is 51.9 Å². The lowest BCUT2D eigenvalue weighted by Gasteiger charge is -2.26. The predicted octanol–water partition coefficient (Wildman–Crippen LogP) is 10.5. The Kier molecular flexibility index (Phi) is 19.9. The summed E-state index contributed by atoms with van der Waals surface area (Å²) < 4.78 is 23.6. The van der Waals surface area contributed by atoms with Gasteiger partial charge in [-0.3, -0.25) is 9.59 Å². The van der Waals surface area contributed by atoms with E-state index in [1.807, 2.05) is 31.2 Å². The van der Waals surface area contributed by atoms with E-state index in [-0.39, 0.29) is 48.6 Å². The zero-order valence-corrected chi connectivity index (χ0v) is 33.8. The second-order valence-electron chi connectivity index (χ2n) is 15.6. The van der Waals surface area contributed by atoms with E-state index in [2.05, 4.69) is 37.0 Å². The van der Waals surface area contributed by atoms with E-state index < -0.39 is 10.9 Å². The minimum absolute atomic E-state index is 0.0187. The van der Waals surface area contributed by atoms with Crippen LogP contribution in [0.15, 0.2) is 47.4 Å². The number of thioether (sulfide) groups is 1. The zero-order chi connectivity index (χ0) is 37.7. The number of aliphatic hydroxyl groups is 1. The van der Waals surface area contributed by atoms with Gasteiger partial charge in [0.1, 0.15) is 17.0 Å². The molecule has 0 amide bonds. The molecule has 1 N–H and O–H groups in total. The Bertz CT molecular complexity index is 1290. The van der Waals surface area contributed by atoms with Crippen molar-refractivity contribution >= 4 is 23.7 Å². The molecule has 3 aliphatic rings. The van der Waals surface area contributed by atoms with Gasteiger partial charge in [0.25, 0.3) is 0 Å². The van der Waals surface area contributed by atoms with Crippen LogP contribution >= 0.6 is 11.8 Å². The maximum absolute atomic E-state index is 12.8. The Labute approximate surface area is 325 Å². The molecular formula is C45H68O7S. The third-order valence-corrected chi connectivity index (χ3v) is 12.4. The first-order valence-electron chi connectivity index (χ1n) is 21.0. The largest absolute Gasteiger partial charge is 0.462 e. The van der Waals surface area contributed by atoms with Gasteiger partial charge < -0.3 is 24.1 Å². The van der Waals surface area contributed by atoms with Crippen molar-refractivity contribution in [3.8, 4) is 11.8 Å². The molecule has 0 radical (unpaired) electrons. The Morgan fingerprint density at radius 3 is 2.25 bits per heavy atom. The van der Waals surface area contributed by atoms with E-state index in [9.17, 15) is 14.7 Å². The van der Waals surface area contributed by atoms with Crippen molar-refractivity contribution in [2.75, 3.05) is 0 Å². The third kappa shape index (κ3) is 15.4. The number of ether oxygens (including phenoxy) is 4. The molecule has 1 aromatic rings. The first-order valence-corrected chi connectivity index (χ1v) is 21.9. The van der Waals surface area contributed by atoms with E-state index in [0.717, 1.165) is 94.8 Å². The van der Waals surface area contributed by atoms with Gasteiger partial charge in [0.05, 0.1) is 30.5 Å². The summed E-state index contributed by atoms with van der Waals surface area (Å²) >= 11 is 1.68. The van der Waals surface area contributed by atoms with Crippen molar-refractivity contribution in [3.05, 3.63) is 42.5 Å². The summed E-state index contributed by atoms with van der Waals surface area (Å²) in [5.74, 6) is 5.91. The molecule has 8 unspecified atom stereocenters. The van der Waals surface area contributed by atoms with E-state index in [4.69, 9.17) is 18.9 Å². The molecule has 0 aromatic heterocycles. The highest BCUT2D eigenvalue weighted by Crippen LogP contribution is 2.46. The Balaban J connectivity index is 1.05. The highest BCUT2D eigenvalue weighted by Gasteiger charge is 2.48. The lowest BCUT2D eigenvalue weighted by Crippen LogP contribution is -2.34. The highest BCUT2D eigenvalue weighted by molar-refractivity contribution is 8.01.